The zero-order valence-electron chi connectivity index (χ0n) is 12.8. The second kappa shape index (κ2) is 5.97. The lowest BCUT2D eigenvalue weighted by atomic mass is 10.1. The number of benzene rings is 1. The highest BCUT2D eigenvalue weighted by Gasteiger charge is 2.16. The minimum absolute atomic E-state index is 0.479. The minimum Gasteiger partial charge on any atom is -0.477 e. The molecule has 3 rings (SSSR count). The van der Waals surface area contributed by atoms with Gasteiger partial charge in [0.2, 0.25) is 11.7 Å². The van der Waals surface area contributed by atoms with E-state index in [0.29, 0.717) is 24.2 Å². The van der Waals surface area contributed by atoms with Gasteiger partial charge >= 0.3 is 0 Å². The van der Waals surface area contributed by atoms with Crippen molar-refractivity contribution in [3.63, 3.8) is 0 Å². The van der Waals surface area contributed by atoms with E-state index in [9.17, 15) is 0 Å². The van der Waals surface area contributed by atoms with Crippen LogP contribution >= 0.6 is 0 Å². The quantitative estimate of drug-likeness (QED) is 0.732. The van der Waals surface area contributed by atoms with Crippen molar-refractivity contribution in [3.05, 3.63) is 47.7 Å². The summed E-state index contributed by atoms with van der Waals surface area (Å²) < 4.78 is 11.0. The van der Waals surface area contributed by atoms with Crippen LogP contribution in [0, 0.1) is 13.8 Å². The van der Waals surface area contributed by atoms with Crippen LogP contribution in [-0.2, 0) is 0 Å². The van der Waals surface area contributed by atoms with Crippen molar-refractivity contribution in [1.29, 1.82) is 0 Å². The topological polar surface area (TPSA) is 61.0 Å². The molecule has 0 N–H and O–H groups in total. The average molecular weight is 295 g/mol. The SMILES string of the molecule is CCOc1nc(C)ccc1-c1noc(-c2cccc(C)c2)n1. The molecule has 0 amide bonds. The first-order chi connectivity index (χ1) is 10.7. The van der Waals surface area contributed by atoms with Crippen LogP contribution in [0.25, 0.3) is 22.8 Å². The van der Waals surface area contributed by atoms with Gasteiger partial charge in [-0.25, -0.2) is 4.98 Å². The molecule has 0 saturated carbocycles. The molecule has 22 heavy (non-hydrogen) atoms. The van der Waals surface area contributed by atoms with Gasteiger partial charge in [-0.2, -0.15) is 4.98 Å². The van der Waals surface area contributed by atoms with Crippen LogP contribution in [0.1, 0.15) is 18.2 Å². The summed E-state index contributed by atoms with van der Waals surface area (Å²) >= 11 is 0. The molecular weight excluding hydrogens is 278 g/mol. The molecule has 1 aromatic carbocycles. The molecule has 2 heterocycles. The molecule has 0 radical (unpaired) electrons. The highest BCUT2D eigenvalue weighted by Crippen LogP contribution is 2.28. The van der Waals surface area contributed by atoms with Gasteiger partial charge in [0.05, 0.1) is 12.2 Å². The molecule has 0 saturated heterocycles. The zero-order valence-corrected chi connectivity index (χ0v) is 12.8. The summed E-state index contributed by atoms with van der Waals surface area (Å²) in [5.41, 5.74) is 3.66. The molecule has 5 nitrogen and oxygen atoms in total. The summed E-state index contributed by atoms with van der Waals surface area (Å²) in [6, 6.07) is 11.7. The van der Waals surface area contributed by atoms with Gasteiger partial charge in [0.25, 0.3) is 5.89 Å². The predicted octanol–water partition coefficient (Wildman–Crippen LogP) is 3.81. The van der Waals surface area contributed by atoms with Gasteiger partial charge in [-0.1, -0.05) is 22.9 Å². The Bertz CT molecular complexity index is 796. The third kappa shape index (κ3) is 2.83. The van der Waals surface area contributed by atoms with E-state index in [1.54, 1.807) is 0 Å². The van der Waals surface area contributed by atoms with Crippen molar-refractivity contribution >= 4 is 0 Å². The first-order valence-corrected chi connectivity index (χ1v) is 7.19. The molecule has 2 aromatic heterocycles. The molecule has 5 heteroatoms. The molecule has 0 unspecified atom stereocenters. The molecule has 0 aliphatic rings. The smallest absolute Gasteiger partial charge is 0.258 e. The molecule has 112 valence electrons. The van der Waals surface area contributed by atoms with E-state index in [1.165, 1.54) is 0 Å². The lowest BCUT2D eigenvalue weighted by Crippen LogP contribution is -1.98. The molecule has 0 fully saturated rings. The molecule has 0 atom stereocenters. The maximum Gasteiger partial charge on any atom is 0.258 e. The van der Waals surface area contributed by atoms with E-state index >= 15 is 0 Å². The Morgan fingerprint density at radius 3 is 2.73 bits per heavy atom. The van der Waals surface area contributed by atoms with Crippen molar-refractivity contribution in [1.82, 2.24) is 15.1 Å². The third-order valence-corrected chi connectivity index (χ3v) is 3.21. The van der Waals surface area contributed by atoms with Crippen LogP contribution in [0.15, 0.2) is 40.9 Å². The number of rotatable bonds is 4. The average Bonchev–Trinajstić information content (AvgIpc) is 2.97. The summed E-state index contributed by atoms with van der Waals surface area (Å²) in [7, 11) is 0. The number of aromatic nitrogens is 3. The van der Waals surface area contributed by atoms with Crippen LogP contribution in [0.2, 0.25) is 0 Å². The summed E-state index contributed by atoms with van der Waals surface area (Å²) in [6.45, 7) is 6.40. The molecule has 0 aliphatic carbocycles. The number of hydrogen-bond donors (Lipinski definition) is 0. The van der Waals surface area contributed by atoms with E-state index in [-0.39, 0.29) is 0 Å². The van der Waals surface area contributed by atoms with E-state index in [2.05, 4.69) is 15.1 Å². The lowest BCUT2D eigenvalue weighted by molar-refractivity contribution is 0.327. The Morgan fingerprint density at radius 1 is 1.09 bits per heavy atom. The number of ether oxygens (including phenoxy) is 1. The van der Waals surface area contributed by atoms with Gasteiger partial charge < -0.3 is 9.26 Å². The Morgan fingerprint density at radius 2 is 1.95 bits per heavy atom. The van der Waals surface area contributed by atoms with Gasteiger partial charge in [0, 0.05) is 11.3 Å². The van der Waals surface area contributed by atoms with E-state index in [0.717, 1.165) is 22.4 Å². The largest absolute Gasteiger partial charge is 0.477 e. The maximum atomic E-state index is 5.57. The monoisotopic (exact) mass is 295 g/mol. The standard InChI is InChI=1S/C17H17N3O2/c1-4-21-17-14(9-8-12(3)18-17)15-19-16(22-20-15)13-7-5-6-11(2)10-13/h5-10H,4H2,1-3H3. The van der Waals surface area contributed by atoms with Crippen LogP contribution in [0.4, 0.5) is 0 Å². The second-order valence-corrected chi connectivity index (χ2v) is 5.03. The van der Waals surface area contributed by atoms with E-state index < -0.39 is 0 Å². The lowest BCUT2D eigenvalue weighted by Gasteiger charge is -2.06. The predicted molar refractivity (Wildman–Crippen MR) is 83.6 cm³/mol. The summed E-state index contributed by atoms with van der Waals surface area (Å²) in [5.74, 6) is 1.49. The molecule has 0 aliphatic heterocycles. The van der Waals surface area contributed by atoms with E-state index in [1.807, 2.05) is 57.2 Å². The Labute approximate surface area is 129 Å². The minimum atomic E-state index is 0.479. The van der Waals surface area contributed by atoms with E-state index in [4.69, 9.17) is 9.26 Å². The Kier molecular flexibility index (Phi) is 3.87. The number of aryl methyl sites for hydroxylation is 2. The Balaban J connectivity index is 2.01. The first kappa shape index (κ1) is 14.3. The van der Waals surface area contributed by atoms with Gasteiger partial charge in [-0.15, -0.1) is 0 Å². The van der Waals surface area contributed by atoms with Gasteiger partial charge in [-0.05, 0) is 45.0 Å². The van der Waals surface area contributed by atoms with Crippen molar-refractivity contribution in [2.75, 3.05) is 6.61 Å². The van der Waals surface area contributed by atoms with Crippen LogP contribution in [0.5, 0.6) is 5.88 Å². The molecule has 3 aromatic rings. The molecule has 0 spiro atoms. The van der Waals surface area contributed by atoms with Crippen molar-refractivity contribution in [2.45, 2.75) is 20.8 Å². The van der Waals surface area contributed by atoms with Gasteiger partial charge in [0.1, 0.15) is 0 Å². The molecule has 0 bridgehead atoms. The van der Waals surface area contributed by atoms with Crippen LogP contribution in [0.3, 0.4) is 0 Å². The van der Waals surface area contributed by atoms with Gasteiger partial charge in [-0.3, -0.25) is 0 Å². The van der Waals surface area contributed by atoms with Crippen LogP contribution in [-0.4, -0.2) is 21.7 Å². The number of nitrogens with zero attached hydrogens (tertiary/aromatic N) is 3. The third-order valence-electron chi connectivity index (χ3n) is 3.21. The normalized spacial score (nSPS) is 10.7. The van der Waals surface area contributed by atoms with Crippen molar-refractivity contribution < 1.29 is 9.26 Å². The van der Waals surface area contributed by atoms with Crippen LogP contribution < -0.4 is 4.74 Å². The number of hydrogen-bond acceptors (Lipinski definition) is 5. The fraction of sp³-hybridized carbons (Fsp3) is 0.235. The summed E-state index contributed by atoms with van der Waals surface area (Å²) in [6.07, 6.45) is 0. The second-order valence-electron chi connectivity index (χ2n) is 5.03. The first-order valence-electron chi connectivity index (χ1n) is 7.19. The summed E-state index contributed by atoms with van der Waals surface area (Å²) in [4.78, 5) is 8.86. The fourth-order valence-electron chi connectivity index (χ4n) is 2.18. The zero-order chi connectivity index (χ0) is 15.5. The maximum absolute atomic E-state index is 5.57. The Hall–Kier alpha value is -2.69. The highest BCUT2D eigenvalue weighted by molar-refractivity contribution is 5.64. The fourth-order valence-corrected chi connectivity index (χ4v) is 2.18. The van der Waals surface area contributed by atoms with Crippen molar-refractivity contribution in [2.24, 2.45) is 0 Å². The highest BCUT2D eigenvalue weighted by atomic mass is 16.5. The van der Waals surface area contributed by atoms with Crippen molar-refractivity contribution in [3.8, 4) is 28.7 Å². The number of pyridine rings is 1. The van der Waals surface area contributed by atoms with Gasteiger partial charge in [0.15, 0.2) is 0 Å². The summed E-state index contributed by atoms with van der Waals surface area (Å²) in [5, 5.41) is 4.06. The molecular formula is C17H17N3O2.